The number of phenols is 1. The third kappa shape index (κ3) is 5.21. The summed E-state index contributed by atoms with van der Waals surface area (Å²) in [6.45, 7) is 2.73. The lowest BCUT2D eigenvalue weighted by Crippen LogP contribution is -2.23. The number of benzene rings is 2. The number of nitrogens with zero attached hydrogens (tertiary/aromatic N) is 2. The lowest BCUT2D eigenvalue weighted by molar-refractivity contribution is -0.137. The van der Waals surface area contributed by atoms with Gasteiger partial charge in [-0.15, -0.1) is 11.3 Å². The molecule has 6 nitrogen and oxygen atoms in total. The zero-order valence-electron chi connectivity index (χ0n) is 16.4. The van der Waals surface area contributed by atoms with Crippen LogP contribution in [0.15, 0.2) is 47.8 Å². The highest BCUT2D eigenvalue weighted by atomic mass is 32.1. The van der Waals surface area contributed by atoms with Gasteiger partial charge in [0, 0.05) is 12.3 Å². The zero-order chi connectivity index (χ0) is 22.8. The fourth-order valence-electron chi connectivity index (χ4n) is 2.75. The average molecular weight is 450 g/mol. The van der Waals surface area contributed by atoms with Crippen molar-refractivity contribution in [1.29, 1.82) is 0 Å². The topological polar surface area (TPSA) is 79.7 Å². The van der Waals surface area contributed by atoms with Gasteiger partial charge in [-0.05, 0) is 42.8 Å². The summed E-state index contributed by atoms with van der Waals surface area (Å²) in [5.41, 5.74) is 0.204. The second kappa shape index (κ2) is 8.76. The number of carbonyl (C=O) groups excluding carboxylic acids is 2. The summed E-state index contributed by atoms with van der Waals surface area (Å²) < 4.78 is 44.2. The maximum atomic E-state index is 13.0. The van der Waals surface area contributed by atoms with Crippen LogP contribution in [0.4, 0.5) is 24.0 Å². The number of hydrogen-bond donors (Lipinski definition) is 1. The van der Waals surface area contributed by atoms with E-state index in [1.807, 2.05) is 0 Å². The number of amides is 1. The minimum absolute atomic E-state index is 0.00428. The van der Waals surface area contributed by atoms with Crippen molar-refractivity contribution in [2.75, 3.05) is 4.90 Å². The molecule has 0 bridgehead atoms. The molecule has 0 fully saturated rings. The number of rotatable bonds is 5. The van der Waals surface area contributed by atoms with Crippen LogP contribution in [0.2, 0.25) is 0 Å². The van der Waals surface area contributed by atoms with Gasteiger partial charge >= 0.3 is 12.1 Å². The third-order valence-corrected chi connectivity index (χ3v) is 5.08. The molecule has 0 saturated heterocycles. The number of carbonyl (C=O) groups is 2. The van der Waals surface area contributed by atoms with Crippen LogP contribution in [0.1, 0.15) is 34.1 Å². The number of esters is 1. The molecule has 0 aliphatic heterocycles. The van der Waals surface area contributed by atoms with E-state index in [1.54, 1.807) is 13.0 Å². The normalized spacial score (nSPS) is 11.3. The number of halogens is 3. The highest BCUT2D eigenvalue weighted by Crippen LogP contribution is 2.35. The minimum atomic E-state index is -4.55. The molecule has 31 heavy (non-hydrogen) atoms. The van der Waals surface area contributed by atoms with Crippen molar-refractivity contribution in [3.8, 4) is 5.75 Å². The van der Waals surface area contributed by atoms with Gasteiger partial charge in [-0.2, -0.15) is 13.2 Å². The molecular weight excluding hydrogens is 433 g/mol. The van der Waals surface area contributed by atoms with E-state index in [1.165, 1.54) is 36.6 Å². The lowest BCUT2D eigenvalue weighted by Gasteiger charge is -2.19. The van der Waals surface area contributed by atoms with E-state index in [9.17, 15) is 27.9 Å². The van der Waals surface area contributed by atoms with Crippen LogP contribution in [0.3, 0.4) is 0 Å². The average Bonchev–Trinajstić information content (AvgIpc) is 3.14. The smallest absolute Gasteiger partial charge is 0.416 e. The van der Waals surface area contributed by atoms with Gasteiger partial charge < -0.3 is 9.84 Å². The van der Waals surface area contributed by atoms with Crippen molar-refractivity contribution >= 4 is 34.0 Å². The van der Waals surface area contributed by atoms with Crippen LogP contribution in [0, 0.1) is 6.92 Å². The van der Waals surface area contributed by atoms with E-state index >= 15 is 0 Å². The van der Waals surface area contributed by atoms with Gasteiger partial charge in [0.2, 0.25) is 5.91 Å². The zero-order valence-corrected chi connectivity index (χ0v) is 17.3. The van der Waals surface area contributed by atoms with Crippen LogP contribution in [0.25, 0.3) is 0 Å². The monoisotopic (exact) mass is 450 g/mol. The molecule has 1 aromatic heterocycles. The van der Waals surface area contributed by atoms with Gasteiger partial charge in [0.1, 0.15) is 17.9 Å². The fraction of sp³-hybridized carbons (Fsp3) is 0.190. The predicted octanol–water partition coefficient (Wildman–Crippen LogP) is 5.22. The Labute approximate surface area is 179 Å². The van der Waals surface area contributed by atoms with E-state index in [0.717, 1.165) is 33.9 Å². The highest BCUT2D eigenvalue weighted by molar-refractivity contribution is 7.14. The number of aromatic nitrogens is 1. The Morgan fingerprint density at radius 3 is 2.58 bits per heavy atom. The van der Waals surface area contributed by atoms with Crippen molar-refractivity contribution in [2.45, 2.75) is 26.6 Å². The van der Waals surface area contributed by atoms with E-state index < -0.39 is 23.6 Å². The Morgan fingerprint density at radius 1 is 1.19 bits per heavy atom. The second-order valence-electron chi connectivity index (χ2n) is 6.62. The molecule has 0 atom stereocenters. The summed E-state index contributed by atoms with van der Waals surface area (Å²) in [6.07, 6.45) is -4.55. The van der Waals surface area contributed by atoms with Crippen LogP contribution >= 0.6 is 11.3 Å². The number of aryl methyl sites for hydroxylation is 1. The Kier molecular flexibility index (Phi) is 6.30. The maximum absolute atomic E-state index is 13.0. The van der Waals surface area contributed by atoms with Gasteiger partial charge in [0.25, 0.3) is 0 Å². The van der Waals surface area contributed by atoms with Crippen molar-refractivity contribution in [3.05, 3.63) is 70.2 Å². The van der Waals surface area contributed by atoms with Crippen LogP contribution < -0.4 is 4.90 Å². The summed E-state index contributed by atoms with van der Waals surface area (Å²) >= 11 is 1.02. The largest absolute Gasteiger partial charge is 0.507 e. The molecule has 162 valence electrons. The van der Waals surface area contributed by atoms with Gasteiger partial charge in [-0.3, -0.25) is 9.69 Å². The molecule has 1 N–H and O–H groups in total. The number of thiazole rings is 1. The Balaban J connectivity index is 1.78. The molecule has 0 aliphatic rings. The standard InChI is InChI=1S/C21H17F3N2O4S/c1-12-6-7-17(18(28)8-12)19(29)30-10-15-11-31-20(25-15)26(13(2)27)16-5-3-4-14(9-16)21(22,23)24/h3-9,11,28H,10H2,1-2H3. The first-order valence-electron chi connectivity index (χ1n) is 8.95. The summed E-state index contributed by atoms with van der Waals surface area (Å²) in [6, 6.07) is 8.87. The van der Waals surface area contributed by atoms with Crippen LogP contribution in [0.5, 0.6) is 5.75 Å². The number of ether oxygens (including phenoxy) is 1. The van der Waals surface area contributed by atoms with Gasteiger partial charge in [0.15, 0.2) is 5.13 Å². The van der Waals surface area contributed by atoms with E-state index in [-0.39, 0.29) is 28.7 Å². The first-order valence-corrected chi connectivity index (χ1v) is 9.83. The first kappa shape index (κ1) is 22.3. The van der Waals surface area contributed by atoms with E-state index in [2.05, 4.69) is 4.98 Å². The lowest BCUT2D eigenvalue weighted by atomic mass is 10.1. The van der Waals surface area contributed by atoms with Crippen molar-refractivity contribution in [3.63, 3.8) is 0 Å². The van der Waals surface area contributed by atoms with Crippen LogP contribution in [-0.2, 0) is 22.3 Å². The number of anilines is 2. The molecule has 0 radical (unpaired) electrons. The molecular formula is C21H17F3N2O4S. The maximum Gasteiger partial charge on any atom is 0.416 e. The Hall–Kier alpha value is -3.40. The summed E-state index contributed by atoms with van der Waals surface area (Å²) in [5.74, 6) is -1.49. The van der Waals surface area contributed by atoms with Gasteiger partial charge in [0.05, 0.1) is 16.9 Å². The fourth-order valence-corrected chi connectivity index (χ4v) is 3.62. The summed E-state index contributed by atoms with van der Waals surface area (Å²) in [5, 5.41) is 11.5. The molecule has 0 aliphatic carbocycles. The predicted molar refractivity (Wildman–Crippen MR) is 108 cm³/mol. The number of alkyl halides is 3. The van der Waals surface area contributed by atoms with E-state index in [0.29, 0.717) is 5.69 Å². The molecule has 2 aromatic carbocycles. The number of phenolic OH excluding ortho intramolecular Hbond substituents is 1. The minimum Gasteiger partial charge on any atom is -0.507 e. The van der Waals surface area contributed by atoms with Crippen LogP contribution in [-0.4, -0.2) is 22.0 Å². The van der Waals surface area contributed by atoms with Crippen molar-refractivity contribution < 1.29 is 32.6 Å². The van der Waals surface area contributed by atoms with Crippen molar-refractivity contribution in [1.82, 2.24) is 4.98 Å². The molecule has 1 heterocycles. The molecule has 10 heteroatoms. The molecule has 0 saturated carbocycles. The molecule has 3 rings (SSSR count). The first-order chi connectivity index (χ1) is 14.6. The highest BCUT2D eigenvalue weighted by Gasteiger charge is 2.31. The number of hydrogen-bond acceptors (Lipinski definition) is 6. The molecule has 1 amide bonds. The second-order valence-corrected chi connectivity index (χ2v) is 7.46. The SMILES string of the molecule is CC(=O)N(c1cccc(C(F)(F)F)c1)c1nc(COC(=O)c2ccc(C)cc2O)cs1. The molecule has 0 spiro atoms. The number of aromatic hydroxyl groups is 1. The molecule has 3 aromatic rings. The molecule has 0 unspecified atom stereocenters. The quantitative estimate of drug-likeness (QED) is 0.540. The Morgan fingerprint density at radius 2 is 1.94 bits per heavy atom. The summed E-state index contributed by atoms with van der Waals surface area (Å²) in [7, 11) is 0. The van der Waals surface area contributed by atoms with Crippen molar-refractivity contribution in [2.24, 2.45) is 0 Å². The third-order valence-electron chi connectivity index (χ3n) is 4.20. The van der Waals surface area contributed by atoms with Gasteiger partial charge in [-0.1, -0.05) is 12.1 Å². The van der Waals surface area contributed by atoms with E-state index in [4.69, 9.17) is 4.74 Å². The van der Waals surface area contributed by atoms with Gasteiger partial charge in [-0.25, -0.2) is 9.78 Å². The Bertz CT molecular complexity index is 1130. The summed E-state index contributed by atoms with van der Waals surface area (Å²) in [4.78, 5) is 29.6.